The van der Waals surface area contributed by atoms with E-state index in [1.807, 2.05) is 18.2 Å². The van der Waals surface area contributed by atoms with Gasteiger partial charge in [0.2, 0.25) is 5.91 Å². The van der Waals surface area contributed by atoms with E-state index < -0.39 is 23.4 Å². The molecule has 1 saturated heterocycles. The predicted molar refractivity (Wildman–Crippen MR) is 106 cm³/mol. The molecule has 2 aromatic rings. The Labute approximate surface area is 173 Å². The number of nitrogens with one attached hydrogen (secondary N) is 1. The number of methoxy groups -OCH3 is 2. The second-order valence-corrected chi connectivity index (χ2v) is 7.34. The third-order valence-corrected chi connectivity index (χ3v) is 5.25. The van der Waals surface area contributed by atoms with Gasteiger partial charge < -0.3 is 14.8 Å². The summed E-state index contributed by atoms with van der Waals surface area (Å²) in [4.78, 5) is 14.5. The molecule has 1 aliphatic rings. The molecule has 3 rings (SSSR count). The minimum Gasteiger partial charge on any atom is -0.493 e. The summed E-state index contributed by atoms with van der Waals surface area (Å²) in [5.41, 5.74) is 0.946. The fraction of sp³-hybridized carbons (Fsp3) is 0.409. The lowest BCUT2D eigenvalue weighted by molar-refractivity contribution is -0.121. The monoisotopic (exact) mass is 422 g/mol. The zero-order valence-electron chi connectivity index (χ0n) is 17.0. The predicted octanol–water partition coefficient (Wildman–Crippen LogP) is 3.44. The molecule has 0 atom stereocenters. The van der Waals surface area contributed by atoms with Gasteiger partial charge in [-0.3, -0.25) is 9.69 Å². The van der Waals surface area contributed by atoms with Crippen molar-refractivity contribution in [1.29, 1.82) is 0 Å². The Hall–Kier alpha value is -2.74. The van der Waals surface area contributed by atoms with Crippen LogP contribution >= 0.6 is 0 Å². The molecule has 0 aromatic heterocycles. The third-order valence-electron chi connectivity index (χ3n) is 5.25. The van der Waals surface area contributed by atoms with Gasteiger partial charge in [-0.2, -0.15) is 0 Å². The first-order valence-electron chi connectivity index (χ1n) is 9.75. The van der Waals surface area contributed by atoms with Gasteiger partial charge in [0.15, 0.2) is 23.1 Å². The smallest absolute Gasteiger partial charge is 0.224 e. The average molecular weight is 422 g/mol. The summed E-state index contributed by atoms with van der Waals surface area (Å²) in [6, 6.07) is 6.97. The molecule has 1 N–H and O–H groups in total. The van der Waals surface area contributed by atoms with Crippen LogP contribution in [-0.4, -0.2) is 44.2 Å². The third kappa shape index (κ3) is 5.44. The molecule has 0 unspecified atom stereocenters. The van der Waals surface area contributed by atoms with Gasteiger partial charge in [0.05, 0.1) is 20.6 Å². The minimum atomic E-state index is -1.27. The van der Waals surface area contributed by atoms with Crippen molar-refractivity contribution in [2.24, 2.45) is 0 Å². The van der Waals surface area contributed by atoms with Crippen molar-refractivity contribution in [1.82, 2.24) is 10.2 Å². The maximum absolute atomic E-state index is 13.7. The highest BCUT2D eigenvalue weighted by molar-refractivity contribution is 5.78. The van der Waals surface area contributed by atoms with E-state index in [-0.39, 0.29) is 18.0 Å². The molecule has 2 aromatic carbocycles. The van der Waals surface area contributed by atoms with Crippen LogP contribution in [0.1, 0.15) is 24.0 Å². The second kappa shape index (κ2) is 9.84. The summed E-state index contributed by atoms with van der Waals surface area (Å²) in [5, 5.41) is 2.86. The largest absolute Gasteiger partial charge is 0.493 e. The number of hydrogen-bond acceptors (Lipinski definition) is 4. The summed E-state index contributed by atoms with van der Waals surface area (Å²) >= 11 is 0. The molecular weight excluding hydrogens is 397 g/mol. The molecule has 8 heteroatoms. The molecule has 1 fully saturated rings. The maximum atomic E-state index is 13.7. The van der Waals surface area contributed by atoms with Crippen LogP contribution < -0.4 is 14.8 Å². The van der Waals surface area contributed by atoms with E-state index in [0.29, 0.717) is 17.6 Å². The molecule has 30 heavy (non-hydrogen) atoms. The maximum Gasteiger partial charge on any atom is 0.224 e. The van der Waals surface area contributed by atoms with E-state index >= 15 is 0 Å². The van der Waals surface area contributed by atoms with Crippen LogP contribution in [0.2, 0.25) is 0 Å². The first kappa shape index (κ1) is 22.0. The van der Waals surface area contributed by atoms with Gasteiger partial charge in [-0.15, -0.1) is 0 Å². The highest BCUT2D eigenvalue weighted by Crippen LogP contribution is 2.28. The molecule has 1 amide bonds. The Kier molecular flexibility index (Phi) is 7.20. The van der Waals surface area contributed by atoms with E-state index in [1.165, 1.54) is 0 Å². The zero-order chi connectivity index (χ0) is 21.7. The fourth-order valence-corrected chi connectivity index (χ4v) is 3.62. The first-order chi connectivity index (χ1) is 14.4. The van der Waals surface area contributed by atoms with Gasteiger partial charge >= 0.3 is 0 Å². The minimum absolute atomic E-state index is 0.0347. The highest BCUT2D eigenvalue weighted by Gasteiger charge is 2.22. The number of carbonyl (C=O) groups excluding carboxylic acids is 1. The molecule has 0 radical (unpaired) electrons. The number of amides is 1. The van der Waals surface area contributed by atoms with Crippen LogP contribution in [0, 0.1) is 17.5 Å². The van der Waals surface area contributed by atoms with Crippen molar-refractivity contribution in [2.45, 2.75) is 31.8 Å². The van der Waals surface area contributed by atoms with Gasteiger partial charge in [0.25, 0.3) is 0 Å². The standard InChI is InChI=1S/C22H25F3N2O3/c1-29-20-4-3-14(9-21(20)30-2)13-27-7-5-16(6-8-27)26-22(28)11-15-10-18(24)19(25)12-17(15)23/h3-4,9-10,12,16H,5-8,11,13H2,1-2H3,(H,26,28). The van der Waals surface area contributed by atoms with Crippen LogP contribution in [0.25, 0.3) is 0 Å². The van der Waals surface area contributed by atoms with Crippen LogP contribution in [0.3, 0.4) is 0 Å². The van der Waals surface area contributed by atoms with E-state index in [4.69, 9.17) is 9.47 Å². The zero-order valence-corrected chi connectivity index (χ0v) is 17.0. The molecule has 0 spiro atoms. The van der Waals surface area contributed by atoms with Crippen molar-refractivity contribution in [3.8, 4) is 11.5 Å². The molecule has 1 heterocycles. The number of benzene rings is 2. The summed E-state index contributed by atoms with van der Waals surface area (Å²) in [6.45, 7) is 2.33. The highest BCUT2D eigenvalue weighted by atomic mass is 19.2. The number of likely N-dealkylation sites (tertiary alicyclic amines) is 1. The molecule has 0 saturated carbocycles. The summed E-state index contributed by atoms with van der Waals surface area (Å²) in [7, 11) is 3.19. The average Bonchev–Trinajstić information content (AvgIpc) is 2.73. The Morgan fingerprint density at radius 2 is 1.67 bits per heavy atom. The summed E-state index contributed by atoms with van der Waals surface area (Å²) in [6.07, 6.45) is 1.17. The fourth-order valence-electron chi connectivity index (χ4n) is 3.62. The normalized spacial score (nSPS) is 15.1. The Bertz CT molecular complexity index is 899. The number of nitrogens with zero attached hydrogens (tertiary/aromatic N) is 1. The van der Waals surface area contributed by atoms with Crippen molar-refractivity contribution in [3.63, 3.8) is 0 Å². The summed E-state index contributed by atoms with van der Waals surface area (Å²) in [5.74, 6) is -2.39. The second-order valence-electron chi connectivity index (χ2n) is 7.34. The van der Waals surface area contributed by atoms with Gasteiger partial charge in [-0.05, 0) is 36.6 Å². The quantitative estimate of drug-likeness (QED) is 0.695. The van der Waals surface area contributed by atoms with Crippen LogP contribution in [0.5, 0.6) is 11.5 Å². The van der Waals surface area contributed by atoms with Gasteiger partial charge in [-0.1, -0.05) is 6.07 Å². The molecule has 162 valence electrons. The van der Waals surface area contributed by atoms with Crippen molar-refractivity contribution in [3.05, 3.63) is 58.9 Å². The Morgan fingerprint density at radius 1 is 1.00 bits per heavy atom. The molecule has 5 nitrogen and oxygen atoms in total. The van der Waals surface area contributed by atoms with Crippen molar-refractivity contribution < 1.29 is 27.4 Å². The van der Waals surface area contributed by atoms with Gasteiger partial charge in [0.1, 0.15) is 5.82 Å². The van der Waals surface area contributed by atoms with Crippen LogP contribution in [-0.2, 0) is 17.8 Å². The lowest BCUT2D eigenvalue weighted by Crippen LogP contribution is -2.44. The van der Waals surface area contributed by atoms with E-state index in [9.17, 15) is 18.0 Å². The summed E-state index contributed by atoms with van der Waals surface area (Å²) < 4.78 is 50.6. The Balaban J connectivity index is 1.49. The van der Waals surface area contributed by atoms with Crippen LogP contribution in [0.4, 0.5) is 13.2 Å². The lowest BCUT2D eigenvalue weighted by Gasteiger charge is -2.32. The van der Waals surface area contributed by atoms with E-state index in [1.54, 1.807) is 14.2 Å². The number of halogens is 3. The first-order valence-corrected chi connectivity index (χ1v) is 9.75. The van der Waals surface area contributed by atoms with Crippen molar-refractivity contribution in [2.75, 3.05) is 27.3 Å². The lowest BCUT2D eigenvalue weighted by atomic mass is 10.0. The molecular formula is C22H25F3N2O3. The van der Waals surface area contributed by atoms with Crippen LogP contribution in [0.15, 0.2) is 30.3 Å². The van der Waals surface area contributed by atoms with Crippen molar-refractivity contribution >= 4 is 5.91 Å². The number of carbonyl (C=O) groups is 1. The molecule has 0 aliphatic carbocycles. The van der Waals surface area contributed by atoms with Gasteiger partial charge in [0, 0.05) is 37.3 Å². The number of piperidine rings is 1. The SMILES string of the molecule is COc1ccc(CN2CCC(NC(=O)Cc3cc(F)c(F)cc3F)CC2)cc1OC. The topological polar surface area (TPSA) is 50.8 Å². The number of hydrogen-bond donors (Lipinski definition) is 1. The number of ether oxygens (including phenoxy) is 2. The molecule has 1 aliphatic heterocycles. The number of rotatable bonds is 7. The molecule has 0 bridgehead atoms. The van der Waals surface area contributed by atoms with E-state index in [2.05, 4.69) is 10.2 Å². The Morgan fingerprint density at radius 3 is 2.33 bits per heavy atom. The van der Waals surface area contributed by atoms with Gasteiger partial charge in [-0.25, -0.2) is 13.2 Å². The van der Waals surface area contributed by atoms with E-state index in [0.717, 1.165) is 44.1 Å².